The fourth-order valence-electron chi connectivity index (χ4n) is 5.12. The van der Waals surface area contributed by atoms with Gasteiger partial charge in [-0.25, -0.2) is 0 Å². The van der Waals surface area contributed by atoms with Crippen molar-refractivity contribution < 1.29 is 18.0 Å². The summed E-state index contributed by atoms with van der Waals surface area (Å²) < 4.78 is 39.1. The largest absolute Gasteiger partial charge is 0.393 e. The first-order valence-electron chi connectivity index (χ1n) is 9.50. The normalized spacial score (nSPS) is 27.6. The molecule has 0 radical (unpaired) electrons. The van der Waals surface area contributed by atoms with Gasteiger partial charge in [-0.1, -0.05) is 18.2 Å². The molecule has 1 aliphatic carbocycles. The second-order valence-corrected chi connectivity index (χ2v) is 9.17. The van der Waals surface area contributed by atoms with Gasteiger partial charge in [0.05, 0.1) is 17.3 Å². The average Bonchev–Trinajstić information content (AvgIpc) is 3.26. The van der Waals surface area contributed by atoms with Gasteiger partial charge >= 0.3 is 6.18 Å². The summed E-state index contributed by atoms with van der Waals surface area (Å²) in [7, 11) is 0. The summed E-state index contributed by atoms with van der Waals surface area (Å²) in [4.78, 5) is 16.0. The van der Waals surface area contributed by atoms with Crippen LogP contribution in [-0.4, -0.2) is 41.7 Å². The Morgan fingerprint density at radius 3 is 2.61 bits per heavy atom. The van der Waals surface area contributed by atoms with Crippen molar-refractivity contribution in [2.75, 3.05) is 13.1 Å². The third kappa shape index (κ3) is 3.31. The van der Waals surface area contributed by atoms with E-state index in [-0.39, 0.29) is 35.5 Å². The van der Waals surface area contributed by atoms with Crippen LogP contribution in [0.5, 0.6) is 0 Å². The topological polar surface area (TPSA) is 32.3 Å². The summed E-state index contributed by atoms with van der Waals surface area (Å²) in [5.41, 5.74) is 0.389. The molecule has 8 heteroatoms. The number of amides is 1. The lowest BCUT2D eigenvalue weighted by atomic mass is 9.77. The number of benzene rings is 1. The summed E-state index contributed by atoms with van der Waals surface area (Å²) in [5, 5.41) is 3.97. The molecule has 4 fully saturated rings. The fourth-order valence-corrected chi connectivity index (χ4v) is 6.20. The molecule has 1 aromatic heterocycles. The van der Waals surface area contributed by atoms with Crippen molar-refractivity contribution in [2.45, 2.75) is 49.9 Å². The van der Waals surface area contributed by atoms with E-state index in [9.17, 15) is 18.0 Å². The second-order valence-electron chi connectivity index (χ2n) is 8.12. The lowest BCUT2D eigenvalue weighted by Gasteiger charge is -2.52. The molecule has 3 aliphatic heterocycles. The molecule has 3 saturated heterocycles. The van der Waals surface area contributed by atoms with Crippen molar-refractivity contribution in [3.63, 3.8) is 0 Å². The molecule has 1 atom stereocenters. The van der Waals surface area contributed by atoms with E-state index in [1.165, 1.54) is 17.4 Å². The van der Waals surface area contributed by atoms with E-state index in [1.54, 1.807) is 18.2 Å². The van der Waals surface area contributed by atoms with Gasteiger partial charge in [-0.05, 0) is 61.7 Å². The monoisotopic (exact) mass is 430 g/mol. The minimum Gasteiger partial charge on any atom is -0.346 e. The first kappa shape index (κ1) is 20.0. The number of hydrogen-bond acceptors (Lipinski definition) is 3. The predicted octanol–water partition coefficient (Wildman–Crippen LogP) is 4.78. The molecule has 4 heterocycles. The van der Waals surface area contributed by atoms with Gasteiger partial charge in [-0.15, -0.1) is 23.7 Å². The lowest BCUT2D eigenvalue weighted by molar-refractivity contribution is -0.126. The van der Waals surface area contributed by atoms with Crippen molar-refractivity contribution in [3.8, 4) is 0 Å². The van der Waals surface area contributed by atoms with Gasteiger partial charge in [0.2, 0.25) is 0 Å². The van der Waals surface area contributed by atoms with E-state index in [1.807, 2.05) is 0 Å². The van der Waals surface area contributed by atoms with Crippen molar-refractivity contribution in [1.29, 1.82) is 0 Å². The smallest absolute Gasteiger partial charge is 0.346 e. The third-order valence-electron chi connectivity index (χ3n) is 6.51. The van der Waals surface area contributed by atoms with Crippen molar-refractivity contribution in [1.82, 2.24) is 10.2 Å². The highest BCUT2D eigenvalue weighted by Crippen LogP contribution is 2.53. The van der Waals surface area contributed by atoms with Crippen molar-refractivity contribution >= 4 is 39.7 Å². The van der Waals surface area contributed by atoms with Crippen LogP contribution in [0.15, 0.2) is 24.3 Å². The molecule has 28 heavy (non-hydrogen) atoms. The molecule has 152 valence electrons. The highest BCUT2D eigenvalue weighted by atomic mass is 35.5. The molecule has 2 aromatic rings. The van der Waals surface area contributed by atoms with Gasteiger partial charge in [0.25, 0.3) is 5.91 Å². The molecule has 0 unspecified atom stereocenters. The summed E-state index contributed by atoms with van der Waals surface area (Å²) in [5.74, 6) is 0.385. The Morgan fingerprint density at radius 1 is 1.25 bits per heavy atom. The molecule has 1 aromatic carbocycles. The van der Waals surface area contributed by atoms with Crippen LogP contribution in [0, 0.1) is 5.92 Å². The van der Waals surface area contributed by atoms with Gasteiger partial charge in [0.1, 0.15) is 0 Å². The molecule has 1 amide bonds. The Morgan fingerprint density at radius 2 is 1.96 bits per heavy atom. The summed E-state index contributed by atoms with van der Waals surface area (Å²) in [6, 6.07) is 6.81. The van der Waals surface area contributed by atoms with Crippen LogP contribution in [-0.2, 0) is 6.42 Å². The molecular weight excluding hydrogens is 409 g/mol. The zero-order valence-electron chi connectivity index (χ0n) is 15.2. The Kier molecular flexibility index (Phi) is 4.91. The minimum atomic E-state index is -4.26. The van der Waals surface area contributed by atoms with Crippen LogP contribution in [0.25, 0.3) is 10.1 Å². The molecule has 2 bridgehead atoms. The number of thiophene rings is 1. The van der Waals surface area contributed by atoms with E-state index in [2.05, 4.69) is 10.2 Å². The van der Waals surface area contributed by atoms with Crippen LogP contribution >= 0.6 is 23.7 Å². The van der Waals surface area contributed by atoms with Gasteiger partial charge in [0.15, 0.2) is 0 Å². The first-order chi connectivity index (χ1) is 12.9. The van der Waals surface area contributed by atoms with Crippen LogP contribution in [0.4, 0.5) is 13.2 Å². The van der Waals surface area contributed by atoms with E-state index in [0.717, 1.165) is 38.8 Å². The number of nitrogens with one attached hydrogen (secondary N) is 1. The van der Waals surface area contributed by atoms with E-state index < -0.39 is 12.6 Å². The molecule has 1 spiro atoms. The maximum atomic E-state index is 12.9. The number of halogens is 4. The summed E-state index contributed by atoms with van der Waals surface area (Å²) >= 11 is 1.18. The van der Waals surface area contributed by atoms with Crippen LogP contribution in [0.2, 0.25) is 0 Å². The predicted molar refractivity (Wildman–Crippen MR) is 106 cm³/mol. The molecule has 3 nitrogen and oxygen atoms in total. The molecule has 6 rings (SSSR count). The highest BCUT2D eigenvalue weighted by molar-refractivity contribution is 7.21. The number of carbonyl (C=O) groups excluding carboxylic acids is 1. The number of nitrogens with zero attached hydrogens (tertiary/aromatic N) is 1. The number of piperidine rings is 3. The number of fused-ring (bicyclic) bond motifs is 3. The van der Waals surface area contributed by atoms with Gasteiger partial charge in [-0.3, -0.25) is 9.69 Å². The first-order valence-corrected chi connectivity index (χ1v) is 10.3. The van der Waals surface area contributed by atoms with Crippen LogP contribution in [0.1, 0.15) is 40.9 Å². The molecule has 1 saturated carbocycles. The number of rotatable bonds is 3. The van der Waals surface area contributed by atoms with Crippen LogP contribution in [0.3, 0.4) is 0 Å². The van der Waals surface area contributed by atoms with Gasteiger partial charge < -0.3 is 5.32 Å². The fraction of sp³-hybridized carbons (Fsp3) is 0.550. The van der Waals surface area contributed by atoms with Gasteiger partial charge in [-0.2, -0.15) is 13.2 Å². The van der Waals surface area contributed by atoms with E-state index in [0.29, 0.717) is 20.9 Å². The number of carbonyl (C=O) groups is 1. The van der Waals surface area contributed by atoms with Crippen molar-refractivity contribution in [2.24, 2.45) is 5.92 Å². The highest BCUT2D eigenvalue weighted by Gasteiger charge is 2.60. The third-order valence-corrected chi connectivity index (χ3v) is 7.73. The maximum absolute atomic E-state index is 12.9. The van der Waals surface area contributed by atoms with E-state index in [4.69, 9.17) is 0 Å². The SMILES string of the molecule is Cl.O=C(N[C@@H]1C2CCN(CC2)C12CC2)c1cc2cccc(CC(F)(F)F)c2s1. The Labute approximate surface area is 171 Å². The van der Waals surface area contributed by atoms with E-state index >= 15 is 0 Å². The minimum absolute atomic E-state index is 0. The maximum Gasteiger partial charge on any atom is 0.393 e. The number of hydrogen-bond donors (Lipinski definition) is 1. The standard InChI is InChI=1S/C20H21F3N2OS.ClH/c21-20(22,23)11-14-3-1-2-13-10-15(27-16(13)14)18(26)24-17-12-4-8-25(9-5-12)19(17)6-7-19;/h1-3,10,12,17H,4-9,11H2,(H,24,26);1H/t17-;/m1./s1. The Balaban J connectivity index is 0.00000192. The Bertz CT molecular complexity index is 900. The zero-order valence-corrected chi connectivity index (χ0v) is 16.9. The van der Waals surface area contributed by atoms with Crippen molar-refractivity contribution in [3.05, 3.63) is 34.7 Å². The molecule has 1 N–H and O–H groups in total. The zero-order chi connectivity index (χ0) is 18.8. The molecular formula is C20H22ClF3N2OS. The summed E-state index contributed by atoms with van der Waals surface area (Å²) in [6.07, 6.45) is -0.708. The average molecular weight is 431 g/mol. The molecule has 4 aliphatic rings. The lowest BCUT2D eigenvalue weighted by Crippen LogP contribution is -2.65. The van der Waals surface area contributed by atoms with Gasteiger partial charge in [0, 0.05) is 10.2 Å². The Hall–Kier alpha value is -1.31. The summed E-state index contributed by atoms with van der Waals surface area (Å²) in [6.45, 7) is 2.25. The van der Waals surface area contributed by atoms with Crippen LogP contribution < -0.4 is 5.32 Å². The number of alkyl halides is 3. The quantitative estimate of drug-likeness (QED) is 0.759. The second kappa shape index (κ2) is 6.89.